The van der Waals surface area contributed by atoms with E-state index in [2.05, 4.69) is 15.1 Å². The van der Waals surface area contributed by atoms with E-state index in [0.29, 0.717) is 18.1 Å². The maximum absolute atomic E-state index is 6.07. The average molecular weight is 246 g/mol. The maximum atomic E-state index is 6.07. The molecule has 0 bridgehead atoms. The molecule has 0 aliphatic carbocycles. The van der Waals surface area contributed by atoms with Crippen LogP contribution in [-0.4, -0.2) is 15.1 Å². The molecule has 2 rings (SSSR count). The van der Waals surface area contributed by atoms with E-state index >= 15 is 0 Å². The SMILES string of the molecule is CC(C)(C)[C@H](N)c1nc(Cc2cccnc2)no1. The average Bonchev–Trinajstić information content (AvgIpc) is 2.76. The van der Waals surface area contributed by atoms with Gasteiger partial charge in [-0.2, -0.15) is 4.98 Å². The zero-order chi connectivity index (χ0) is 13.2. The second-order valence-electron chi connectivity index (χ2n) is 5.43. The van der Waals surface area contributed by atoms with Crippen molar-refractivity contribution in [2.75, 3.05) is 0 Å². The van der Waals surface area contributed by atoms with Crippen LogP contribution in [0.2, 0.25) is 0 Å². The third-order valence-electron chi connectivity index (χ3n) is 2.77. The monoisotopic (exact) mass is 246 g/mol. The highest BCUT2D eigenvalue weighted by Crippen LogP contribution is 2.29. The van der Waals surface area contributed by atoms with Crippen LogP contribution >= 0.6 is 0 Å². The van der Waals surface area contributed by atoms with Crippen molar-refractivity contribution in [2.24, 2.45) is 11.1 Å². The predicted octanol–water partition coefficient (Wildman–Crippen LogP) is 2.10. The molecule has 2 aromatic rings. The van der Waals surface area contributed by atoms with Gasteiger partial charge in [0.25, 0.3) is 0 Å². The third-order valence-corrected chi connectivity index (χ3v) is 2.77. The van der Waals surface area contributed by atoms with Crippen molar-refractivity contribution in [3.8, 4) is 0 Å². The van der Waals surface area contributed by atoms with E-state index in [1.165, 1.54) is 0 Å². The highest BCUT2D eigenvalue weighted by atomic mass is 16.5. The summed E-state index contributed by atoms with van der Waals surface area (Å²) in [5, 5.41) is 3.95. The zero-order valence-corrected chi connectivity index (χ0v) is 10.9. The minimum absolute atomic E-state index is 0.0991. The van der Waals surface area contributed by atoms with Gasteiger partial charge in [0.15, 0.2) is 5.82 Å². The Morgan fingerprint density at radius 1 is 1.39 bits per heavy atom. The second kappa shape index (κ2) is 4.86. The molecule has 2 N–H and O–H groups in total. The molecule has 0 aromatic carbocycles. The Labute approximate surface area is 106 Å². The van der Waals surface area contributed by atoms with Crippen LogP contribution in [0.15, 0.2) is 29.0 Å². The van der Waals surface area contributed by atoms with Crippen molar-refractivity contribution in [2.45, 2.75) is 33.2 Å². The van der Waals surface area contributed by atoms with Crippen LogP contribution in [0.5, 0.6) is 0 Å². The maximum Gasteiger partial charge on any atom is 0.244 e. The summed E-state index contributed by atoms with van der Waals surface area (Å²) >= 11 is 0. The molecular weight excluding hydrogens is 228 g/mol. The molecule has 96 valence electrons. The summed E-state index contributed by atoms with van der Waals surface area (Å²) in [4.78, 5) is 8.39. The van der Waals surface area contributed by atoms with Crippen LogP contribution in [0.1, 0.15) is 44.1 Å². The van der Waals surface area contributed by atoms with Crippen molar-refractivity contribution >= 4 is 0 Å². The van der Waals surface area contributed by atoms with Gasteiger partial charge in [0, 0.05) is 18.8 Å². The fraction of sp³-hybridized carbons (Fsp3) is 0.462. The van der Waals surface area contributed by atoms with Gasteiger partial charge in [-0.3, -0.25) is 4.98 Å². The molecule has 18 heavy (non-hydrogen) atoms. The lowest BCUT2D eigenvalue weighted by atomic mass is 9.87. The normalized spacial score (nSPS) is 13.6. The first kappa shape index (κ1) is 12.7. The topological polar surface area (TPSA) is 77.8 Å². The van der Waals surface area contributed by atoms with Crippen molar-refractivity contribution in [3.05, 3.63) is 41.8 Å². The highest BCUT2D eigenvalue weighted by molar-refractivity contribution is 5.14. The molecule has 5 nitrogen and oxygen atoms in total. The number of nitrogens with two attached hydrogens (primary N) is 1. The molecule has 0 fully saturated rings. The summed E-state index contributed by atoms with van der Waals surface area (Å²) in [6, 6.07) is 3.61. The lowest BCUT2D eigenvalue weighted by Crippen LogP contribution is -2.26. The lowest BCUT2D eigenvalue weighted by Gasteiger charge is -2.23. The van der Waals surface area contributed by atoms with Crippen molar-refractivity contribution in [1.82, 2.24) is 15.1 Å². The molecule has 2 heterocycles. The van der Waals surface area contributed by atoms with E-state index in [1.807, 2.05) is 32.9 Å². The minimum atomic E-state index is -0.257. The number of hydrogen-bond donors (Lipinski definition) is 1. The Morgan fingerprint density at radius 3 is 2.78 bits per heavy atom. The molecule has 0 saturated heterocycles. The van der Waals surface area contributed by atoms with Crippen LogP contribution < -0.4 is 5.73 Å². The van der Waals surface area contributed by atoms with Crippen LogP contribution in [0.3, 0.4) is 0 Å². The van der Waals surface area contributed by atoms with Crippen LogP contribution in [0.4, 0.5) is 0 Å². The van der Waals surface area contributed by atoms with Gasteiger partial charge >= 0.3 is 0 Å². The van der Waals surface area contributed by atoms with Gasteiger partial charge in [-0.15, -0.1) is 0 Å². The van der Waals surface area contributed by atoms with Gasteiger partial charge in [0.2, 0.25) is 5.89 Å². The van der Waals surface area contributed by atoms with E-state index in [1.54, 1.807) is 12.4 Å². The number of nitrogens with zero attached hydrogens (tertiary/aromatic N) is 3. The quantitative estimate of drug-likeness (QED) is 0.897. The van der Waals surface area contributed by atoms with Crippen molar-refractivity contribution in [1.29, 1.82) is 0 Å². The molecular formula is C13H18N4O. The molecule has 0 saturated carbocycles. The summed E-state index contributed by atoms with van der Waals surface area (Å²) < 4.78 is 5.22. The van der Waals surface area contributed by atoms with Gasteiger partial charge in [-0.1, -0.05) is 32.0 Å². The Hall–Kier alpha value is -1.75. The van der Waals surface area contributed by atoms with Crippen molar-refractivity contribution < 1.29 is 4.52 Å². The predicted molar refractivity (Wildman–Crippen MR) is 67.7 cm³/mol. The summed E-state index contributed by atoms with van der Waals surface area (Å²) in [6.45, 7) is 6.13. The summed E-state index contributed by atoms with van der Waals surface area (Å²) in [5.41, 5.74) is 7.02. The molecule has 0 aliphatic heterocycles. The standard InChI is InChI=1S/C13H18N4O/c1-13(2,3)11(14)12-16-10(17-18-12)7-9-5-4-6-15-8-9/h4-6,8,11H,7,14H2,1-3H3/t11-/m1/s1. The summed E-state index contributed by atoms with van der Waals surface area (Å²) in [6.07, 6.45) is 4.13. The van der Waals surface area contributed by atoms with E-state index in [4.69, 9.17) is 10.3 Å². The summed E-state index contributed by atoms with van der Waals surface area (Å²) in [7, 11) is 0. The highest BCUT2D eigenvalue weighted by Gasteiger charge is 2.27. The molecule has 0 radical (unpaired) electrons. The van der Waals surface area contributed by atoms with Gasteiger partial charge in [-0.25, -0.2) is 0 Å². The van der Waals surface area contributed by atoms with E-state index in [9.17, 15) is 0 Å². The molecule has 1 atom stereocenters. The first-order valence-electron chi connectivity index (χ1n) is 5.94. The number of aromatic nitrogens is 3. The first-order chi connectivity index (χ1) is 8.47. The van der Waals surface area contributed by atoms with E-state index in [-0.39, 0.29) is 11.5 Å². The number of hydrogen-bond acceptors (Lipinski definition) is 5. The zero-order valence-electron chi connectivity index (χ0n) is 10.9. The number of rotatable bonds is 3. The smallest absolute Gasteiger partial charge is 0.244 e. The fourth-order valence-electron chi connectivity index (χ4n) is 1.52. The van der Waals surface area contributed by atoms with E-state index in [0.717, 1.165) is 5.56 Å². The Balaban J connectivity index is 2.12. The van der Waals surface area contributed by atoms with Crippen LogP contribution in [0, 0.1) is 5.41 Å². The minimum Gasteiger partial charge on any atom is -0.338 e. The number of pyridine rings is 1. The lowest BCUT2D eigenvalue weighted by molar-refractivity contribution is 0.252. The first-order valence-corrected chi connectivity index (χ1v) is 5.94. The largest absolute Gasteiger partial charge is 0.338 e. The molecule has 0 spiro atoms. The fourth-order valence-corrected chi connectivity index (χ4v) is 1.52. The second-order valence-corrected chi connectivity index (χ2v) is 5.43. The Bertz CT molecular complexity index is 501. The van der Waals surface area contributed by atoms with Gasteiger partial charge in [-0.05, 0) is 17.0 Å². The Kier molecular flexibility index (Phi) is 3.43. The van der Waals surface area contributed by atoms with Gasteiger partial charge < -0.3 is 10.3 Å². The summed E-state index contributed by atoms with van der Waals surface area (Å²) in [5.74, 6) is 1.12. The molecule has 2 aromatic heterocycles. The van der Waals surface area contributed by atoms with Crippen LogP contribution in [0.25, 0.3) is 0 Å². The molecule has 0 aliphatic rings. The molecule has 0 unspecified atom stereocenters. The van der Waals surface area contributed by atoms with Gasteiger partial charge in [0.05, 0.1) is 6.04 Å². The van der Waals surface area contributed by atoms with Crippen LogP contribution in [-0.2, 0) is 6.42 Å². The Morgan fingerprint density at radius 2 is 2.17 bits per heavy atom. The third kappa shape index (κ3) is 2.92. The van der Waals surface area contributed by atoms with E-state index < -0.39 is 0 Å². The molecule has 5 heteroatoms. The van der Waals surface area contributed by atoms with Gasteiger partial charge in [0.1, 0.15) is 0 Å². The molecule has 0 amide bonds. The van der Waals surface area contributed by atoms with Crippen molar-refractivity contribution in [3.63, 3.8) is 0 Å².